The molecule has 0 bridgehead atoms. The second-order valence-electron chi connectivity index (χ2n) is 5.25. The Labute approximate surface area is 139 Å². The monoisotopic (exact) mass is 328 g/mol. The van der Waals surface area contributed by atoms with Crippen LogP contribution in [-0.4, -0.2) is 29.7 Å². The number of nitrogens with zero attached hydrogens (tertiary/aromatic N) is 1. The molecule has 3 rings (SSSR count). The molecule has 23 heavy (non-hydrogen) atoms. The van der Waals surface area contributed by atoms with Gasteiger partial charge >= 0.3 is 0 Å². The number of hydrogen-bond donors (Lipinski definition) is 1. The number of oxazole rings is 1. The Balaban J connectivity index is 1.79. The lowest BCUT2D eigenvalue weighted by molar-refractivity contribution is 0.112. The third-order valence-corrected chi connectivity index (χ3v) is 3.83. The molecule has 1 unspecified atom stereocenters. The van der Waals surface area contributed by atoms with Crippen LogP contribution >= 0.6 is 11.6 Å². The van der Waals surface area contributed by atoms with Gasteiger partial charge in [-0.1, -0.05) is 24.3 Å². The fourth-order valence-electron chi connectivity index (χ4n) is 2.36. The number of rotatable bonds is 6. The number of fused-ring (bicyclic) bond motifs is 1. The number of carbonyl (C=O) groups is 1. The predicted octanol–water partition coefficient (Wildman–Crippen LogP) is 3.74. The zero-order valence-electron chi connectivity index (χ0n) is 12.5. The van der Waals surface area contributed by atoms with E-state index in [0.717, 1.165) is 24.8 Å². The van der Waals surface area contributed by atoms with Gasteiger partial charge in [0.2, 0.25) is 5.89 Å². The molecule has 0 saturated carbocycles. The van der Waals surface area contributed by atoms with Crippen molar-refractivity contribution in [2.24, 2.45) is 0 Å². The van der Waals surface area contributed by atoms with Gasteiger partial charge < -0.3 is 9.73 Å². The molecular formula is C18H17ClN2O2. The van der Waals surface area contributed by atoms with Crippen molar-refractivity contribution >= 4 is 34.6 Å². The highest BCUT2D eigenvalue weighted by Gasteiger charge is 2.11. The van der Waals surface area contributed by atoms with Crippen LogP contribution in [0.1, 0.15) is 22.7 Å². The highest BCUT2D eigenvalue weighted by atomic mass is 35.5. The minimum Gasteiger partial charge on any atom is -0.436 e. The van der Waals surface area contributed by atoms with Crippen LogP contribution in [0, 0.1) is 0 Å². The van der Waals surface area contributed by atoms with Crippen LogP contribution in [0.4, 0.5) is 0 Å². The van der Waals surface area contributed by atoms with E-state index < -0.39 is 0 Å². The van der Waals surface area contributed by atoms with E-state index in [2.05, 4.69) is 22.5 Å². The maximum Gasteiger partial charge on any atom is 0.227 e. The molecule has 0 amide bonds. The zero-order valence-corrected chi connectivity index (χ0v) is 13.3. The first kappa shape index (κ1) is 15.7. The maximum absolute atomic E-state index is 10.8. The van der Waals surface area contributed by atoms with Gasteiger partial charge in [0.15, 0.2) is 5.58 Å². The maximum atomic E-state index is 10.8. The van der Waals surface area contributed by atoms with Crippen LogP contribution in [0.2, 0.25) is 0 Å². The van der Waals surface area contributed by atoms with Gasteiger partial charge in [-0.15, -0.1) is 11.6 Å². The van der Waals surface area contributed by atoms with Crippen molar-refractivity contribution in [1.82, 2.24) is 10.3 Å². The standard InChI is InChI=1S/C18H17ClN2O2/c19-9-2-10-20-15-4-1-3-14(6-7-15)18-21-16-11-13(12-22)5-8-17(16)23-18/h1,3-8,11-12,15,20H,2,9-10H2. The van der Waals surface area contributed by atoms with Gasteiger partial charge in [-0.2, -0.15) is 0 Å². The first-order chi connectivity index (χ1) is 11.3. The summed E-state index contributed by atoms with van der Waals surface area (Å²) in [5.41, 5.74) is 2.84. The molecule has 0 radical (unpaired) electrons. The van der Waals surface area contributed by atoms with Gasteiger partial charge in [0.25, 0.3) is 0 Å². The molecule has 0 spiro atoms. The Kier molecular flexibility index (Phi) is 5.05. The lowest BCUT2D eigenvalue weighted by Crippen LogP contribution is -2.26. The molecule has 0 aliphatic heterocycles. The average molecular weight is 329 g/mol. The van der Waals surface area contributed by atoms with Crippen LogP contribution in [-0.2, 0) is 0 Å². The zero-order chi connectivity index (χ0) is 16.1. The van der Waals surface area contributed by atoms with Crippen LogP contribution in [0.25, 0.3) is 16.7 Å². The lowest BCUT2D eigenvalue weighted by atomic mass is 10.2. The molecule has 1 aliphatic rings. The molecule has 1 atom stereocenters. The first-order valence-corrected chi connectivity index (χ1v) is 8.06. The molecule has 5 heteroatoms. The Morgan fingerprint density at radius 2 is 2.26 bits per heavy atom. The summed E-state index contributed by atoms with van der Waals surface area (Å²) in [6.07, 6.45) is 11.8. The van der Waals surface area contributed by atoms with Crippen LogP contribution in [0.3, 0.4) is 0 Å². The minimum atomic E-state index is 0.165. The molecule has 0 saturated heterocycles. The number of alkyl halides is 1. The summed E-state index contributed by atoms with van der Waals surface area (Å²) in [6, 6.07) is 5.38. The van der Waals surface area contributed by atoms with Crippen molar-refractivity contribution in [3.63, 3.8) is 0 Å². The number of allylic oxidation sites excluding steroid dienone is 4. The van der Waals surface area contributed by atoms with E-state index in [1.165, 1.54) is 0 Å². The predicted molar refractivity (Wildman–Crippen MR) is 92.8 cm³/mol. The third kappa shape index (κ3) is 3.78. The molecule has 118 valence electrons. The number of halogens is 1. The molecule has 1 aliphatic carbocycles. The van der Waals surface area contributed by atoms with Crippen LogP contribution in [0.15, 0.2) is 53.0 Å². The van der Waals surface area contributed by atoms with E-state index in [1.54, 1.807) is 18.2 Å². The number of nitrogens with one attached hydrogen (secondary N) is 1. The molecule has 4 nitrogen and oxygen atoms in total. The topological polar surface area (TPSA) is 55.1 Å². The van der Waals surface area contributed by atoms with Crippen molar-refractivity contribution in [2.45, 2.75) is 12.5 Å². The van der Waals surface area contributed by atoms with Gasteiger partial charge in [0, 0.05) is 23.1 Å². The number of benzene rings is 1. The highest BCUT2D eigenvalue weighted by Crippen LogP contribution is 2.23. The van der Waals surface area contributed by atoms with Crippen molar-refractivity contribution < 1.29 is 9.21 Å². The summed E-state index contributed by atoms with van der Waals surface area (Å²) in [6.45, 7) is 0.871. The summed E-state index contributed by atoms with van der Waals surface area (Å²) < 4.78 is 5.78. The van der Waals surface area contributed by atoms with Gasteiger partial charge in [-0.05, 0) is 37.2 Å². The Morgan fingerprint density at radius 1 is 1.35 bits per heavy atom. The Hall–Kier alpha value is -2.17. The van der Waals surface area contributed by atoms with Gasteiger partial charge in [-0.25, -0.2) is 4.98 Å². The third-order valence-electron chi connectivity index (χ3n) is 3.56. The van der Waals surface area contributed by atoms with Crippen molar-refractivity contribution in [3.05, 3.63) is 60.0 Å². The summed E-state index contributed by atoms with van der Waals surface area (Å²) in [4.78, 5) is 15.3. The molecule has 1 aromatic heterocycles. The summed E-state index contributed by atoms with van der Waals surface area (Å²) in [5, 5.41) is 3.39. The summed E-state index contributed by atoms with van der Waals surface area (Å²) in [5.74, 6) is 1.20. The molecule has 1 N–H and O–H groups in total. The van der Waals surface area contributed by atoms with Gasteiger partial charge in [-0.3, -0.25) is 4.79 Å². The van der Waals surface area contributed by atoms with E-state index in [-0.39, 0.29) is 6.04 Å². The molecule has 1 heterocycles. The first-order valence-electron chi connectivity index (χ1n) is 7.52. The fourth-order valence-corrected chi connectivity index (χ4v) is 2.50. The second kappa shape index (κ2) is 7.40. The normalized spacial score (nSPS) is 17.3. The summed E-state index contributed by atoms with van der Waals surface area (Å²) >= 11 is 5.69. The number of aldehydes is 1. The van der Waals surface area contributed by atoms with Crippen LogP contribution in [0.5, 0.6) is 0 Å². The van der Waals surface area contributed by atoms with E-state index in [1.807, 2.05) is 18.2 Å². The number of aromatic nitrogens is 1. The van der Waals surface area contributed by atoms with Crippen molar-refractivity contribution in [3.8, 4) is 0 Å². The van der Waals surface area contributed by atoms with E-state index >= 15 is 0 Å². The second-order valence-corrected chi connectivity index (χ2v) is 5.63. The van der Waals surface area contributed by atoms with E-state index in [4.69, 9.17) is 16.0 Å². The Morgan fingerprint density at radius 3 is 3.09 bits per heavy atom. The molecule has 1 aromatic carbocycles. The molecular weight excluding hydrogens is 312 g/mol. The largest absolute Gasteiger partial charge is 0.436 e. The summed E-state index contributed by atoms with van der Waals surface area (Å²) in [7, 11) is 0. The highest BCUT2D eigenvalue weighted by molar-refractivity contribution is 6.17. The van der Waals surface area contributed by atoms with Gasteiger partial charge in [0.1, 0.15) is 11.8 Å². The van der Waals surface area contributed by atoms with Crippen molar-refractivity contribution in [2.75, 3.05) is 12.4 Å². The van der Waals surface area contributed by atoms with E-state index in [0.29, 0.717) is 28.4 Å². The lowest BCUT2D eigenvalue weighted by Gasteiger charge is -2.08. The van der Waals surface area contributed by atoms with Crippen LogP contribution < -0.4 is 5.32 Å². The minimum absolute atomic E-state index is 0.165. The fraction of sp³-hybridized carbons (Fsp3) is 0.222. The Bertz CT molecular complexity index is 789. The number of hydrogen-bond acceptors (Lipinski definition) is 4. The van der Waals surface area contributed by atoms with E-state index in [9.17, 15) is 4.79 Å². The van der Waals surface area contributed by atoms with Gasteiger partial charge in [0.05, 0.1) is 0 Å². The quantitative estimate of drug-likeness (QED) is 0.498. The molecule has 0 fully saturated rings. The SMILES string of the molecule is O=Cc1ccc2oc(C3=CC=CC(NCCCCl)C=C3)nc2c1. The molecule has 2 aromatic rings. The smallest absolute Gasteiger partial charge is 0.227 e. The average Bonchev–Trinajstić information content (AvgIpc) is 2.85. The van der Waals surface area contributed by atoms with Crippen molar-refractivity contribution in [1.29, 1.82) is 0 Å². The number of carbonyl (C=O) groups excluding carboxylic acids is 1.